The Morgan fingerprint density at radius 2 is 1.50 bits per heavy atom. The summed E-state index contributed by atoms with van der Waals surface area (Å²) in [6, 6.07) is 11.8. The van der Waals surface area contributed by atoms with Crippen LogP contribution in [0.25, 0.3) is 0 Å². The Hall–Kier alpha value is -2.78. The molecule has 0 unspecified atom stereocenters. The smallest absolute Gasteiger partial charge is 0.261 e. The standard InChI is InChI=1S/C24H35N5O3S.ClH/c1-23(2,3)17-13-18(24(4,5)6)15-20(14-17)33(31,32)29-19-9-7-8-16(12-19)21(30)27-10-11-28-22(25)26;/h7-9,12-15,29H,10-11H2,1-6H3,(H,27,30)(H4,25,26,28);1H. The average molecular weight is 510 g/mol. The third-order valence-electron chi connectivity index (χ3n) is 5.02. The molecule has 0 spiro atoms. The Kier molecular flexibility index (Phi) is 9.55. The Bertz CT molecular complexity index is 1110. The van der Waals surface area contributed by atoms with Crippen LogP contribution >= 0.6 is 12.4 Å². The van der Waals surface area contributed by atoms with Crippen LogP contribution in [0.2, 0.25) is 0 Å². The maximum Gasteiger partial charge on any atom is 0.261 e. The number of benzene rings is 2. The molecule has 2 aromatic rings. The monoisotopic (exact) mass is 509 g/mol. The summed E-state index contributed by atoms with van der Waals surface area (Å²) in [6.45, 7) is 12.8. The van der Waals surface area contributed by atoms with Crippen molar-refractivity contribution < 1.29 is 13.2 Å². The van der Waals surface area contributed by atoms with E-state index in [1.54, 1.807) is 30.3 Å². The van der Waals surface area contributed by atoms with E-state index in [0.717, 1.165) is 11.1 Å². The van der Waals surface area contributed by atoms with Crippen LogP contribution in [-0.4, -0.2) is 33.4 Å². The first-order valence-electron chi connectivity index (χ1n) is 10.7. The van der Waals surface area contributed by atoms with Crippen LogP contribution in [-0.2, 0) is 20.9 Å². The molecule has 2 rings (SSSR count). The summed E-state index contributed by atoms with van der Waals surface area (Å²) in [7, 11) is -3.88. The van der Waals surface area contributed by atoms with Gasteiger partial charge in [0, 0.05) is 17.8 Å². The number of anilines is 1. The molecule has 0 aliphatic heterocycles. The molecule has 0 saturated heterocycles. The number of halogens is 1. The maximum absolute atomic E-state index is 13.3. The largest absolute Gasteiger partial charge is 0.370 e. The Morgan fingerprint density at radius 1 is 0.941 bits per heavy atom. The number of nitrogens with one attached hydrogen (secondary N) is 2. The molecule has 0 fully saturated rings. The lowest BCUT2D eigenvalue weighted by Crippen LogP contribution is -2.28. The highest BCUT2D eigenvalue weighted by molar-refractivity contribution is 7.92. The van der Waals surface area contributed by atoms with Crippen molar-refractivity contribution in [1.29, 1.82) is 0 Å². The van der Waals surface area contributed by atoms with E-state index in [4.69, 9.17) is 11.5 Å². The highest BCUT2D eigenvalue weighted by atomic mass is 35.5. The van der Waals surface area contributed by atoms with Gasteiger partial charge >= 0.3 is 0 Å². The predicted octanol–water partition coefficient (Wildman–Crippen LogP) is 3.51. The summed E-state index contributed by atoms with van der Waals surface area (Å²) in [5.41, 5.74) is 12.6. The molecule has 0 bridgehead atoms. The summed E-state index contributed by atoms with van der Waals surface area (Å²) in [5, 5.41) is 2.69. The molecule has 0 saturated carbocycles. The van der Waals surface area contributed by atoms with Gasteiger partial charge in [-0.1, -0.05) is 53.7 Å². The second-order valence-electron chi connectivity index (χ2n) is 9.99. The summed E-state index contributed by atoms with van der Waals surface area (Å²) in [4.78, 5) is 16.4. The van der Waals surface area contributed by atoms with Crippen LogP contribution in [0.5, 0.6) is 0 Å². The molecular weight excluding hydrogens is 474 g/mol. The number of carbonyl (C=O) groups excluding carboxylic acids is 1. The minimum Gasteiger partial charge on any atom is -0.370 e. The zero-order valence-corrected chi connectivity index (χ0v) is 22.2. The second kappa shape index (κ2) is 11.1. The molecule has 2 aromatic carbocycles. The van der Waals surface area contributed by atoms with E-state index in [9.17, 15) is 13.2 Å². The topological polar surface area (TPSA) is 140 Å². The number of carbonyl (C=O) groups is 1. The van der Waals surface area contributed by atoms with E-state index in [2.05, 4.69) is 21.1 Å². The molecule has 0 aliphatic rings. The Labute approximate surface area is 209 Å². The number of hydrogen-bond acceptors (Lipinski definition) is 4. The fourth-order valence-corrected chi connectivity index (χ4v) is 4.13. The van der Waals surface area contributed by atoms with E-state index in [0.29, 0.717) is 11.3 Å². The Morgan fingerprint density at radius 3 is 2.00 bits per heavy atom. The van der Waals surface area contributed by atoms with Crippen molar-refractivity contribution in [2.24, 2.45) is 16.5 Å². The third kappa shape index (κ3) is 8.22. The van der Waals surface area contributed by atoms with E-state index in [1.165, 1.54) is 6.07 Å². The van der Waals surface area contributed by atoms with Crippen LogP contribution < -0.4 is 21.5 Å². The van der Waals surface area contributed by atoms with Gasteiger partial charge in [0.05, 0.1) is 11.4 Å². The SMILES string of the molecule is CC(C)(C)c1cc(C(C)(C)C)cc(S(=O)(=O)Nc2cccc(C(=O)NCCN=C(N)N)c2)c1.Cl. The maximum atomic E-state index is 13.3. The lowest BCUT2D eigenvalue weighted by Gasteiger charge is -2.26. The van der Waals surface area contributed by atoms with E-state index < -0.39 is 10.0 Å². The lowest BCUT2D eigenvalue weighted by molar-refractivity contribution is 0.0955. The number of nitrogens with zero attached hydrogens (tertiary/aromatic N) is 1. The number of aliphatic imine (C=N–C) groups is 1. The lowest BCUT2D eigenvalue weighted by atomic mass is 9.81. The zero-order valence-electron chi connectivity index (χ0n) is 20.6. The quantitative estimate of drug-likeness (QED) is 0.257. The minimum atomic E-state index is -3.88. The molecule has 34 heavy (non-hydrogen) atoms. The summed E-state index contributed by atoms with van der Waals surface area (Å²) in [6.07, 6.45) is 0. The van der Waals surface area contributed by atoms with Gasteiger partial charge in [-0.05, 0) is 52.3 Å². The van der Waals surface area contributed by atoms with E-state index in [-0.39, 0.29) is 53.1 Å². The van der Waals surface area contributed by atoms with Crippen LogP contribution in [0.15, 0.2) is 52.4 Å². The second-order valence-corrected chi connectivity index (χ2v) is 11.7. The molecule has 1 amide bonds. The normalized spacial score (nSPS) is 11.8. The van der Waals surface area contributed by atoms with Crippen molar-refractivity contribution in [3.05, 3.63) is 59.2 Å². The van der Waals surface area contributed by atoms with E-state index in [1.807, 2.05) is 41.5 Å². The van der Waals surface area contributed by atoms with Gasteiger partial charge in [0.1, 0.15) is 0 Å². The van der Waals surface area contributed by atoms with Crippen molar-refractivity contribution in [1.82, 2.24) is 5.32 Å². The fraction of sp³-hybridized carbons (Fsp3) is 0.417. The first kappa shape index (κ1) is 29.3. The number of sulfonamides is 1. The number of nitrogens with two attached hydrogens (primary N) is 2. The fourth-order valence-electron chi connectivity index (χ4n) is 3.01. The first-order valence-corrected chi connectivity index (χ1v) is 12.2. The van der Waals surface area contributed by atoms with Crippen molar-refractivity contribution in [3.63, 3.8) is 0 Å². The summed E-state index contributed by atoms with van der Waals surface area (Å²) in [5.74, 6) is -0.405. The highest BCUT2D eigenvalue weighted by Gasteiger charge is 2.25. The van der Waals surface area contributed by atoms with Crippen LogP contribution in [0.4, 0.5) is 5.69 Å². The Balaban J connectivity index is 0.00000578. The molecule has 0 aliphatic carbocycles. The van der Waals surface area contributed by atoms with Gasteiger partial charge in [0.25, 0.3) is 15.9 Å². The molecule has 0 atom stereocenters. The number of amides is 1. The average Bonchev–Trinajstić information content (AvgIpc) is 2.69. The molecule has 0 aromatic heterocycles. The zero-order chi connectivity index (χ0) is 25.0. The van der Waals surface area contributed by atoms with Gasteiger partial charge in [0.15, 0.2) is 5.96 Å². The molecule has 188 valence electrons. The molecule has 6 N–H and O–H groups in total. The predicted molar refractivity (Wildman–Crippen MR) is 141 cm³/mol. The number of guanidine groups is 1. The van der Waals surface area contributed by atoms with Crippen molar-refractivity contribution in [2.45, 2.75) is 57.3 Å². The van der Waals surface area contributed by atoms with Crippen molar-refractivity contribution in [3.8, 4) is 0 Å². The van der Waals surface area contributed by atoms with Gasteiger partial charge < -0.3 is 16.8 Å². The van der Waals surface area contributed by atoms with Crippen LogP contribution in [0.1, 0.15) is 63.0 Å². The van der Waals surface area contributed by atoms with Crippen LogP contribution in [0.3, 0.4) is 0 Å². The van der Waals surface area contributed by atoms with Crippen molar-refractivity contribution >= 4 is 40.0 Å². The van der Waals surface area contributed by atoms with Gasteiger partial charge in [-0.3, -0.25) is 14.5 Å². The van der Waals surface area contributed by atoms with Gasteiger partial charge in [-0.25, -0.2) is 8.42 Å². The first-order chi connectivity index (χ1) is 15.1. The number of hydrogen-bond donors (Lipinski definition) is 4. The summed E-state index contributed by atoms with van der Waals surface area (Å²) >= 11 is 0. The van der Waals surface area contributed by atoms with Gasteiger partial charge in [-0.2, -0.15) is 0 Å². The molecule has 0 heterocycles. The summed E-state index contributed by atoms with van der Waals surface area (Å²) < 4.78 is 29.1. The van der Waals surface area contributed by atoms with Crippen LogP contribution in [0, 0.1) is 0 Å². The number of rotatable bonds is 7. The highest BCUT2D eigenvalue weighted by Crippen LogP contribution is 2.32. The molecular formula is C24H36ClN5O3S. The van der Waals surface area contributed by atoms with Crippen molar-refractivity contribution in [2.75, 3.05) is 17.8 Å². The minimum absolute atomic E-state index is 0. The van der Waals surface area contributed by atoms with E-state index >= 15 is 0 Å². The van der Waals surface area contributed by atoms with Gasteiger partial charge in [-0.15, -0.1) is 12.4 Å². The molecule has 10 heteroatoms. The van der Waals surface area contributed by atoms with Gasteiger partial charge in [0.2, 0.25) is 0 Å². The third-order valence-corrected chi connectivity index (χ3v) is 6.38. The molecule has 0 radical (unpaired) electrons. The molecule has 8 nitrogen and oxygen atoms in total.